The Kier molecular flexibility index (Phi) is 7.07. The first-order valence-corrected chi connectivity index (χ1v) is 9.20. The number of aromatic nitrogens is 1. The molecule has 124 valence electrons. The number of hydrogen-bond donors (Lipinski definition) is 1. The first-order valence-electron chi connectivity index (χ1n) is 8.25. The van der Waals surface area contributed by atoms with Gasteiger partial charge in [-0.1, -0.05) is 39.0 Å². The Morgan fingerprint density at radius 1 is 0.913 bits per heavy atom. The van der Waals surface area contributed by atoms with Gasteiger partial charge in [-0.15, -0.1) is 0 Å². The molecule has 4 nitrogen and oxygen atoms in total. The minimum absolute atomic E-state index is 0.107. The van der Waals surface area contributed by atoms with Crippen molar-refractivity contribution in [3.8, 4) is 0 Å². The zero-order chi connectivity index (χ0) is 16.5. The number of unbranched alkanes of at least 4 members (excludes halogenated alkanes) is 5. The van der Waals surface area contributed by atoms with E-state index in [4.69, 9.17) is 0 Å². The van der Waals surface area contributed by atoms with E-state index in [9.17, 15) is 9.59 Å². The lowest BCUT2D eigenvalue weighted by molar-refractivity contribution is 0.0651. The van der Waals surface area contributed by atoms with Gasteiger partial charge in [-0.3, -0.25) is 14.5 Å². The molecule has 23 heavy (non-hydrogen) atoms. The van der Waals surface area contributed by atoms with Gasteiger partial charge in [0.1, 0.15) is 0 Å². The molecule has 2 amide bonds. The van der Waals surface area contributed by atoms with Crippen LogP contribution in [0, 0.1) is 0 Å². The highest BCUT2D eigenvalue weighted by molar-refractivity contribution is 7.08. The van der Waals surface area contributed by atoms with E-state index >= 15 is 0 Å². The number of hydrogen-bond acceptors (Lipinski definition) is 3. The Hall–Kier alpha value is -1.88. The molecule has 0 aromatic carbocycles. The summed E-state index contributed by atoms with van der Waals surface area (Å²) in [5.74, 6) is -0.213. The fourth-order valence-electron chi connectivity index (χ4n) is 2.54. The minimum Gasteiger partial charge on any atom is -0.368 e. The van der Waals surface area contributed by atoms with E-state index < -0.39 is 0 Å². The topological polar surface area (TPSA) is 53.2 Å². The summed E-state index contributed by atoms with van der Waals surface area (Å²) >= 11 is 1.42. The average Bonchev–Trinajstić information content (AvgIpc) is 3.29. The van der Waals surface area contributed by atoms with Crippen molar-refractivity contribution < 1.29 is 9.59 Å². The number of nitrogens with zero attached hydrogens (tertiary/aromatic N) is 1. The number of carbonyl (C=O) groups excluding carboxylic acids is 2. The van der Waals surface area contributed by atoms with Crippen molar-refractivity contribution in [1.82, 2.24) is 9.88 Å². The van der Waals surface area contributed by atoms with Crippen molar-refractivity contribution in [2.45, 2.75) is 45.4 Å². The molecule has 3 rings (SSSR count). The van der Waals surface area contributed by atoms with Crippen molar-refractivity contribution in [2.75, 3.05) is 6.54 Å². The van der Waals surface area contributed by atoms with Gasteiger partial charge < -0.3 is 4.98 Å². The first-order chi connectivity index (χ1) is 11.3. The maximum absolute atomic E-state index is 11.9. The molecule has 0 spiro atoms. The van der Waals surface area contributed by atoms with Crippen LogP contribution in [0.3, 0.4) is 0 Å². The van der Waals surface area contributed by atoms with Crippen LogP contribution in [0.15, 0.2) is 35.3 Å². The number of aromatic amines is 1. The van der Waals surface area contributed by atoms with Crippen molar-refractivity contribution in [3.05, 3.63) is 46.4 Å². The maximum atomic E-state index is 11.9. The molecule has 0 saturated heterocycles. The van der Waals surface area contributed by atoms with Gasteiger partial charge >= 0.3 is 0 Å². The van der Waals surface area contributed by atoms with Gasteiger partial charge in [0.25, 0.3) is 11.8 Å². The second-order valence-corrected chi connectivity index (χ2v) is 6.36. The van der Waals surface area contributed by atoms with Crippen molar-refractivity contribution in [1.29, 1.82) is 0 Å². The Balaban J connectivity index is 0.000000326. The number of imide groups is 1. The van der Waals surface area contributed by atoms with Gasteiger partial charge in [0.15, 0.2) is 0 Å². The molecule has 0 saturated carbocycles. The Morgan fingerprint density at radius 3 is 2.00 bits per heavy atom. The van der Waals surface area contributed by atoms with Crippen LogP contribution in [0.1, 0.15) is 66.2 Å². The summed E-state index contributed by atoms with van der Waals surface area (Å²) in [7, 11) is 0. The lowest BCUT2D eigenvalue weighted by atomic mass is 10.1. The van der Waals surface area contributed by atoms with Crippen LogP contribution < -0.4 is 0 Å². The molecule has 1 aliphatic rings. The van der Waals surface area contributed by atoms with E-state index in [2.05, 4.69) is 11.9 Å². The van der Waals surface area contributed by atoms with Crippen molar-refractivity contribution in [2.24, 2.45) is 0 Å². The normalized spacial score (nSPS) is 13.0. The maximum Gasteiger partial charge on any atom is 0.262 e. The predicted molar refractivity (Wildman–Crippen MR) is 93.9 cm³/mol. The fraction of sp³-hybridized carbons (Fsp3) is 0.444. The molecule has 0 aliphatic carbocycles. The van der Waals surface area contributed by atoms with Gasteiger partial charge in [-0.2, -0.15) is 11.3 Å². The highest BCUT2D eigenvalue weighted by Gasteiger charge is 2.35. The monoisotopic (exact) mass is 332 g/mol. The van der Waals surface area contributed by atoms with E-state index in [1.165, 1.54) is 41.9 Å². The smallest absolute Gasteiger partial charge is 0.262 e. The van der Waals surface area contributed by atoms with E-state index in [0.717, 1.165) is 12.8 Å². The summed E-state index contributed by atoms with van der Waals surface area (Å²) in [6, 6.07) is 3.89. The molecule has 1 aliphatic heterocycles. The highest BCUT2D eigenvalue weighted by Crippen LogP contribution is 2.26. The fourth-order valence-corrected chi connectivity index (χ4v) is 3.34. The summed E-state index contributed by atoms with van der Waals surface area (Å²) in [5, 5.41) is 3.55. The molecule has 5 heteroatoms. The van der Waals surface area contributed by atoms with E-state index in [0.29, 0.717) is 17.7 Å². The van der Waals surface area contributed by atoms with E-state index in [1.807, 2.05) is 24.5 Å². The molecule has 1 N–H and O–H groups in total. The quantitative estimate of drug-likeness (QED) is 0.589. The predicted octanol–water partition coefficient (Wildman–Crippen LogP) is 4.72. The van der Waals surface area contributed by atoms with Gasteiger partial charge in [0.05, 0.1) is 11.1 Å². The van der Waals surface area contributed by atoms with Crippen LogP contribution in [-0.4, -0.2) is 28.2 Å². The zero-order valence-electron chi connectivity index (χ0n) is 13.6. The highest BCUT2D eigenvalue weighted by atomic mass is 32.1. The third-order valence-electron chi connectivity index (χ3n) is 3.84. The van der Waals surface area contributed by atoms with Crippen LogP contribution >= 0.6 is 11.3 Å². The molecule has 0 radical (unpaired) electrons. The molecule has 0 fully saturated rings. The SMILES string of the molecule is CCCCCCCCN1C(=O)c2cscc2C1=O.c1cc[nH]c1. The second kappa shape index (κ2) is 9.30. The number of H-pyrrole nitrogens is 1. The molecule has 2 aromatic heterocycles. The van der Waals surface area contributed by atoms with E-state index in [-0.39, 0.29) is 11.8 Å². The number of nitrogens with one attached hydrogen (secondary N) is 1. The third kappa shape index (κ3) is 4.79. The molecule has 0 atom stereocenters. The van der Waals surface area contributed by atoms with Crippen molar-refractivity contribution in [3.63, 3.8) is 0 Å². The average molecular weight is 332 g/mol. The Bertz CT molecular complexity index is 557. The molecule has 0 unspecified atom stereocenters. The number of fused-ring (bicyclic) bond motifs is 1. The van der Waals surface area contributed by atoms with Crippen LogP contribution in [-0.2, 0) is 0 Å². The second-order valence-electron chi connectivity index (χ2n) is 5.61. The summed E-state index contributed by atoms with van der Waals surface area (Å²) in [4.78, 5) is 28.2. The number of amides is 2. The zero-order valence-corrected chi connectivity index (χ0v) is 14.4. The first kappa shape index (κ1) is 17.5. The van der Waals surface area contributed by atoms with Gasteiger partial charge in [-0.05, 0) is 18.6 Å². The van der Waals surface area contributed by atoms with Crippen molar-refractivity contribution >= 4 is 23.2 Å². The standard InChI is InChI=1S/C14H19NO2S.C4H5N/c1-2-3-4-5-6-7-8-15-13(16)11-9-18-10-12(11)14(15)17;1-2-4-5-3-1/h9-10H,2-8H2,1H3;1-5H. The molecule has 3 heterocycles. The third-order valence-corrected chi connectivity index (χ3v) is 4.59. The van der Waals surface area contributed by atoms with Crippen LogP contribution in [0.2, 0.25) is 0 Å². The molecular formula is C18H24N2O2S. The van der Waals surface area contributed by atoms with Crippen LogP contribution in [0.5, 0.6) is 0 Å². The summed E-state index contributed by atoms with van der Waals surface area (Å²) < 4.78 is 0. The molecule has 0 bridgehead atoms. The lowest BCUT2D eigenvalue weighted by Crippen LogP contribution is -2.30. The summed E-state index contributed by atoms with van der Waals surface area (Å²) in [6.07, 6.45) is 10.7. The Labute approximate surface area is 141 Å². The largest absolute Gasteiger partial charge is 0.368 e. The molecular weight excluding hydrogens is 308 g/mol. The van der Waals surface area contributed by atoms with Crippen LogP contribution in [0.25, 0.3) is 0 Å². The van der Waals surface area contributed by atoms with E-state index in [1.54, 1.807) is 10.8 Å². The van der Waals surface area contributed by atoms with Crippen LogP contribution in [0.4, 0.5) is 0 Å². The Morgan fingerprint density at radius 2 is 1.48 bits per heavy atom. The van der Waals surface area contributed by atoms with Gasteiger partial charge in [-0.25, -0.2) is 0 Å². The molecule has 2 aromatic rings. The lowest BCUT2D eigenvalue weighted by Gasteiger charge is -2.13. The summed E-state index contributed by atoms with van der Waals surface area (Å²) in [6.45, 7) is 2.77. The summed E-state index contributed by atoms with van der Waals surface area (Å²) in [5.41, 5.74) is 1.19. The number of thiophene rings is 1. The minimum atomic E-state index is -0.107. The number of carbonyl (C=O) groups is 2. The number of rotatable bonds is 7. The van der Waals surface area contributed by atoms with Gasteiger partial charge in [0, 0.05) is 29.7 Å². The van der Waals surface area contributed by atoms with Gasteiger partial charge in [0.2, 0.25) is 0 Å².